The van der Waals surface area contributed by atoms with Crippen molar-refractivity contribution in [1.82, 2.24) is 15.2 Å². The number of carbonyl (C=O) groups excluding carboxylic acids is 1. The van der Waals surface area contributed by atoms with Gasteiger partial charge in [-0.15, -0.1) is 0 Å². The molecule has 1 amide bonds. The molecule has 1 aliphatic heterocycles. The molecule has 110 valence electrons. The molecule has 3 heterocycles. The van der Waals surface area contributed by atoms with Crippen LogP contribution in [0.3, 0.4) is 0 Å². The predicted octanol–water partition coefficient (Wildman–Crippen LogP) is 1.07. The monoisotopic (exact) mass is 287 g/mol. The summed E-state index contributed by atoms with van der Waals surface area (Å²) in [5.74, 6) is 0.345. The Morgan fingerprint density at radius 3 is 2.90 bits per heavy atom. The minimum absolute atomic E-state index is 0.0791. The van der Waals surface area contributed by atoms with Gasteiger partial charge >= 0.3 is 0 Å². The van der Waals surface area contributed by atoms with Crippen LogP contribution in [0.5, 0.6) is 0 Å². The van der Waals surface area contributed by atoms with Gasteiger partial charge in [0.05, 0.1) is 12.0 Å². The largest absolute Gasteiger partial charge is 0.463 e. The molecule has 1 saturated heterocycles. The van der Waals surface area contributed by atoms with Gasteiger partial charge in [0.25, 0.3) is 11.5 Å². The number of piperazine rings is 1. The Hall–Kier alpha value is -2.34. The lowest BCUT2D eigenvalue weighted by atomic mass is 10.1. The maximum atomic E-state index is 12.5. The van der Waals surface area contributed by atoms with E-state index in [0.717, 1.165) is 13.1 Å². The third-order valence-electron chi connectivity index (χ3n) is 3.69. The van der Waals surface area contributed by atoms with Crippen molar-refractivity contribution >= 4 is 5.91 Å². The summed E-state index contributed by atoms with van der Waals surface area (Å²) >= 11 is 0. The number of rotatable bonds is 2. The van der Waals surface area contributed by atoms with E-state index < -0.39 is 0 Å². The molecule has 1 fully saturated rings. The lowest BCUT2D eigenvalue weighted by Crippen LogP contribution is -2.53. The molecule has 1 atom stereocenters. The van der Waals surface area contributed by atoms with Crippen molar-refractivity contribution in [3.05, 3.63) is 46.4 Å². The second-order valence-corrected chi connectivity index (χ2v) is 5.14. The lowest BCUT2D eigenvalue weighted by molar-refractivity contribution is 0.0654. The van der Waals surface area contributed by atoms with Gasteiger partial charge in [-0.2, -0.15) is 0 Å². The number of nitrogens with zero attached hydrogens (tertiary/aromatic N) is 1. The molecule has 0 aliphatic carbocycles. The van der Waals surface area contributed by atoms with Crippen LogP contribution in [0.1, 0.15) is 17.3 Å². The molecular formula is C15H17N3O3. The van der Waals surface area contributed by atoms with Gasteiger partial charge in [-0.3, -0.25) is 9.59 Å². The molecule has 3 rings (SSSR count). The zero-order valence-corrected chi connectivity index (χ0v) is 11.8. The van der Waals surface area contributed by atoms with Gasteiger partial charge in [0.1, 0.15) is 11.3 Å². The average Bonchev–Trinajstić information content (AvgIpc) is 3.01. The summed E-state index contributed by atoms with van der Waals surface area (Å²) in [5.41, 5.74) is 0.341. The number of aromatic amines is 1. The first-order valence-corrected chi connectivity index (χ1v) is 6.95. The summed E-state index contributed by atoms with van der Waals surface area (Å²) in [5, 5.41) is 3.22. The van der Waals surface area contributed by atoms with Crippen molar-refractivity contribution in [3.8, 4) is 11.5 Å². The van der Waals surface area contributed by atoms with Gasteiger partial charge in [0.2, 0.25) is 0 Å². The van der Waals surface area contributed by atoms with E-state index in [9.17, 15) is 9.59 Å². The molecule has 1 aliphatic rings. The summed E-state index contributed by atoms with van der Waals surface area (Å²) in [4.78, 5) is 29.1. The molecule has 0 saturated carbocycles. The number of aromatic nitrogens is 1. The molecule has 0 bridgehead atoms. The maximum Gasteiger partial charge on any atom is 0.261 e. The van der Waals surface area contributed by atoms with Crippen LogP contribution in [-0.4, -0.2) is 41.5 Å². The second kappa shape index (κ2) is 5.57. The SMILES string of the molecule is C[C@@H]1CNCCN1C(=O)c1ccc(-c2ccco2)[nH]c1=O. The molecule has 6 nitrogen and oxygen atoms in total. The van der Waals surface area contributed by atoms with Crippen LogP contribution < -0.4 is 10.9 Å². The standard InChI is InChI=1S/C15H17N3O3/c1-10-9-16-6-7-18(10)15(20)11-4-5-12(17-14(11)19)13-3-2-8-21-13/h2-5,8,10,16H,6-7,9H2,1H3,(H,17,19)/t10-/m1/s1. The highest BCUT2D eigenvalue weighted by Crippen LogP contribution is 2.16. The average molecular weight is 287 g/mol. The third kappa shape index (κ3) is 2.62. The van der Waals surface area contributed by atoms with Crippen molar-refractivity contribution < 1.29 is 9.21 Å². The van der Waals surface area contributed by atoms with Crippen LogP contribution in [0.25, 0.3) is 11.5 Å². The minimum atomic E-state index is -0.389. The van der Waals surface area contributed by atoms with Crippen LogP contribution in [0.2, 0.25) is 0 Å². The Kier molecular flexibility index (Phi) is 3.62. The van der Waals surface area contributed by atoms with Crippen molar-refractivity contribution in [1.29, 1.82) is 0 Å². The fourth-order valence-corrected chi connectivity index (χ4v) is 2.52. The molecule has 0 unspecified atom stereocenters. The fourth-order valence-electron chi connectivity index (χ4n) is 2.52. The van der Waals surface area contributed by atoms with Crippen LogP contribution in [0.4, 0.5) is 0 Å². The van der Waals surface area contributed by atoms with E-state index in [1.165, 1.54) is 6.26 Å². The first kappa shape index (κ1) is 13.6. The van der Waals surface area contributed by atoms with Crippen molar-refractivity contribution in [2.45, 2.75) is 13.0 Å². The zero-order valence-electron chi connectivity index (χ0n) is 11.8. The molecule has 2 aromatic heterocycles. The van der Waals surface area contributed by atoms with Crippen LogP contribution in [0, 0.1) is 0 Å². The van der Waals surface area contributed by atoms with Gasteiger partial charge < -0.3 is 19.6 Å². The van der Waals surface area contributed by atoms with Gasteiger partial charge in [-0.05, 0) is 31.2 Å². The highest BCUT2D eigenvalue weighted by Gasteiger charge is 2.25. The van der Waals surface area contributed by atoms with Crippen LogP contribution >= 0.6 is 0 Å². The molecule has 21 heavy (non-hydrogen) atoms. The number of hydrogen-bond acceptors (Lipinski definition) is 4. The summed E-state index contributed by atoms with van der Waals surface area (Å²) in [7, 11) is 0. The van der Waals surface area contributed by atoms with Gasteiger partial charge in [-0.1, -0.05) is 0 Å². The topological polar surface area (TPSA) is 78.3 Å². The van der Waals surface area contributed by atoms with Gasteiger partial charge in [0, 0.05) is 25.7 Å². The summed E-state index contributed by atoms with van der Waals surface area (Å²) in [6.07, 6.45) is 1.54. The Balaban J connectivity index is 1.89. The van der Waals surface area contributed by atoms with Crippen molar-refractivity contribution in [3.63, 3.8) is 0 Å². The normalized spacial score (nSPS) is 18.7. The molecule has 2 N–H and O–H groups in total. The molecule has 0 radical (unpaired) electrons. The maximum absolute atomic E-state index is 12.5. The van der Waals surface area contributed by atoms with E-state index in [4.69, 9.17) is 4.42 Å². The Labute approximate surface area is 121 Å². The van der Waals surface area contributed by atoms with E-state index in [1.54, 1.807) is 29.2 Å². The molecular weight excluding hydrogens is 270 g/mol. The number of hydrogen-bond donors (Lipinski definition) is 2. The van der Waals surface area contributed by atoms with Gasteiger partial charge in [-0.25, -0.2) is 0 Å². The van der Waals surface area contributed by atoms with Crippen molar-refractivity contribution in [2.24, 2.45) is 0 Å². The molecule has 6 heteroatoms. The smallest absolute Gasteiger partial charge is 0.261 e. The highest BCUT2D eigenvalue weighted by atomic mass is 16.3. The first-order valence-electron chi connectivity index (χ1n) is 6.95. The molecule has 0 spiro atoms. The van der Waals surface area contributed by atoms with E-state index in [2.05, 4.69) is 10.3 Å². The number of carbonyl (C=O) groups is 1. The number of furan rings is 1. The van der Waals surface area contributed by atoms with Crippen molar-refractivity contribution in [2.75, 3.05) is 19.6 Å². The zero-order chi connectivity index (χ0) is 14.8. The van der Waals surface area contributed by atoms with Crippen LogP contribution in [-0.2, 0) is 0 Å². The number of nitrogens with one attached hydrogen (secondary N) is 2. The van der Waals surface area contributed by atoms with Crippen LogP contribution in [0.15, 0.2) is 39.7 Å². The van der Waals surface area contributed by atoms with E-state index in [1.807, 2.05) is 6.92 Å². The minimum Gasteiger partial charge on any atom is -0.463 e. The lowest BCUT2D eigenvalue weighted by Gasteiger charge is -2.33. The molecule has 2 aromatic rings. The first-order chi connectivity index (χ1) is 10.2. The van der Waals surface area contributed by atoms with E-state index >= 15 is 0 Å². The number of pyridine rings is 1. The van der Waals surface area contributed by atoms with E-state index in [0.29, 0.717) is 18.0 Å². The summed E-state index contributed by atoms with van der Waals surface area (Å²) in [6.45, 7) is 4.07. The number of amides is 1. The Bertz CT molecular complexity index is 690. The fraction of sp³-hybridized carbons (Fsp3) is 0.333. The molecule has 0 aromatic carbocycles. The summed E-state index contributed by atoms with van der Waals surface area (Å²) in [6, 6.07) is 6.84. The quantitative estimate of drug-likeness (QED) is 0.866. The highest BCUT2D eigenvalue weighted by molar-refractivity contribution is 5.94. The summed E-state index contributed by atoms with van der Waals surface area (Å²) < 4.78 is 5.23. The van der Waals surface area contributed by atoms with Gasteiger partial charge in [0.15, 0.2) is 0 Å². The Morgan fingerprint density at radius 1 is 1.38 bits per heavy atom. The third-order valence-corrected chi connectivity index (χ3v) is 3.69. The van der Waals surface area contributed by atoms with E-state index in [-0.39, 0.29) is 23.1 Å². The predicted molar refractivity (Wildman–Crippen MR) is 78.1 cm³/mol. The number of H-pyrrole nitrogens is 1. The second-order valence-electron chi connectivity index (χ2n) is 5.14. The Morgan fingerprint density at radius 2 is 2.24 bits per heavy atom.